The van der Waals surface area contributed by atoms with Crippen molar-refractivity contribution in [1.82, 2.24) is 25.2 Å². The number of anilines is 1. The maximum absolute atomic E-state index is 5.58. The Hall–Kier alpha value is -1.50. The molecule has 7 heteroatoms. The molecule has 0 aliphatic carbocycles. The van der Waals surface area contributed by atoms with Gasteiger partial charge in [0, 0.05) is 6.20 Å². The van der Waals surface area contributed by atoms with Gasteiger partial charge in [0.05, 0.1) is 5.69 Å². The maximum Gasteiger partial charge on any atom is 0.203 e. The molecule has 0 aliphatic rings. The minimum absolute atomic E-state index is 0.0345. The molecule has 2 heterocycles. The molecule has 0 fully saturated rings. The summed E-state index contributed by atoms with van der Waals surface area (Å²) in [4.78, 5) is 0. The molecule has 0 amide bonds. The van der Waals surface area contributed by atoms with Crippen molar-refractivity contribution in [3.05, 3.63) is 16.9 Å². The van der Waals surface area contributed by atoms with Crippen molar-refractivity contribution < 1.29 is 0 Å². The average Bonchev–Trinajstić information content (AvgIpc) is 2.98. The first kappa shape index (κ1) is 12.9. The second-order valence-electron chi connectivity index (χ2n) is 4.30. The summed E-state index contributed by atoms with van der Waals surface area (Å²) in [6, 6.07) is 0.0345. The molecule has 2 rings (SSSR count). The number of rotatable bonds is 6. The molecule has 2 N–H and O–H groups in total. The molecule has 0 saturated carbocycles. The van der Waals surface area contributed by atoms with E-state index < -0.39 is 0 Å². The first-order valence-electron chi connectivity index (χ1n) is 6.20. The lowest BCUT2D eigenvalue weighted by atomic mass is 10.2. The number of nitrogens with two attached hydrogens (primary N) is 1. The lowest BCUT2D eigenvalue weighted by molar-refractivity contribution is 0.537. The Balaban J connectivity index is 2.00. The van der Waals surface area contributed by atoms with Crippen molar-refractivity contribution in [2.45, 2.75) is 45.6 Å². The monoisotopic (exact) mass is 266 g/mol. The number of aryl methyl sites for hydroxylation is 1. The SMILES string of the molecule is CCCCCc1cn([C@@H](C)c2nnc(N)s2)nn1. The van der Waals surface area contributed by atoms with Gasteiger partial charge in [0.2, 0.25) is 5.13 Å². The summed E-state index contributed by atoms with van der Waals surface area (Å²) in [7, 11) is 0. The number of nitrogens with zero attached hydrogens (tertiary/aromatic N) is 5. The predicted octanol–water partition coefficient (Wildman–Crippen LogP) is 2.05. The van der Waals surface area contributed by atoms with Gasteiger partial charge in [0.1, 0.15) is 11.0 Å². The van der Waals surface area contributed by atoms with Gasteiger partial charge in [-0.3, -0.25) is 0 Å². The zero-order chi connectivity index (χ0) is 13.0. The van der Waals surface area contributed by atoms with E-state index in [2.05, 4.69) is 27.4 Å². The zero-order valence-corrected chi connectivity index (χ0v) is 11.5. The topological polar surface area (TPSA) is 82.5 Å². The van der Waals surface area contributed by atoms with Gasteiger partial charge in [-0.15, -0.1) is 15.3 Å². The van der Waals surface area contributed by atoms with Crippen LogP contribution in [0.1, 0.15) is 49.9 Å². The molecule has 0 aromatic carbocycles. The van der Waals surface area contributed by atoms with Crippen molar-refractivity contribution in [3.63, 3.8) is 0 Å². The van der Waals surface area contributed by atoms with Crippen LogP contribution < -0.4 is 5.73 Å². The van der Waals surface area contributed by atoms with Crippen LogP contribution in [0.15, 0.2) is 6.20 Å². The smallest absolute Gasteiger partial charge is 0.203 e. The molecule has 1 atom stereocenters. The summed E-state index contributed by atoms with van der Waals surface area (Å²) in [5, 5.41) is 17.5. The van der Waals surface area contributed by atoms with E-state index in [-0.39, 0.29) is 6.04 Å². The van der Waals surface area contributed by atoms with Gasteiger partial charge in [-0.25, -0.2) is 4.68 Å². The van der Waals surface area contributed by atoms with Gasteiger partial charge in [-0.05, 0) is 19.8 Å². The van der Waals surface area contributed by atoms with E-state index in [1.165, 1.54) is 24.2 Å². The van der Waals surface area contributed by atoms with Crippen LogP contribution >= 0.6 is 11.3 Å². The molecule has 2 aromatic rings. The first-order valence-corrected chi connectivity index (χ1v) is 7.02. The van der Waals surface area contributed by atoms with Crippen molar-refractivity contribution in [2.24, 2.45) is 0 Å². The fourth-order valence-corrected chi connectivity index (χ4v) is 2.36. The zero-order valence-electron chi connectivity index (χ0n) is 10.7. The fraction of sp³-hybridized carbons (Fsp3) is 0.636. The molecule has 0 unspecified atom stereocenters. The summed E-state index contributed by atoms with van der Waals surface area (Å²) in [6.07, 6.45) is 6.58. The third-order valence-electron chi connectivity index (χ3n) is 2.80. The van der Waals surface area contributed by atoms with E-state index in [0.29, 0.717) is 5.13 Å². The van der Waals surface area contributed by atoms with E-state index in [9.17, 15) is 0 Å². The molecule has 0 saturated heterocycles. The molecule has 18 heavy (non-hydrogen) atoms. The Labute approximate surface area is 110 Å². The highest BCUT2D eigenvalue weighted by Crippen LogP contribution is 2.22. The van der Waals surface area contributed by atoms with Crippen LogP contribution in [0, 0.1) is 0 Å². The molecule has 98 valence electrons. The van der Waals surface area contributed by atoms with Crippen LogP contribution in [-0.4, -0.2) is 25.2 Å². The highest BCUT2D eigenvalue weighted by molar-refractivity contribution is 7.15. The standard InChI is InChI=1S/C11H18N6S/c1-3-4-5-6-9-7-17(16-13-9)8(2)10-14-15-11(12)18-10/h7-8H,3-6H2,1-2H3,(H2,12,15)/t8-/m0/s1. The minimum Gasteiger partial charge on any atom is -0.374 e. The van der Waals surface area contributed by atoms with Gasteiger partial charge in [0.15, 0.2) is 0 Å². The van der Waals surface area contributed by atoms with Crippen LogP contribution in [0.2, 0.25) is 0 Å². The summed E-state index contributed by atoms with van der Waals surface area (Å²) in [6.45, 7) is 4.21. The van der Waals surface area contributed by atoms with Crippen LogP contribution in [0.25, 0.3) is 0 Å². The Morgan fingerprint density at radius 1 is 1.33 bits per heavy atom. The van der Waals surface area contributed by atoms with E-state index >= 15 is 0 Å². The number of nitrogen functional groups attached to an aromatic ring is 1. The lowest BCUT2D eigenvalue weighted by Gasteiger charge is -2.05. The van der Waals surface area contributed by atoms with E-state index in [1.54, 1.807) is 0 Å². The number of hydrogen-bond donors (Lipinski definition) is 1. The Morgan fingerprint density at radius 2 is 2.17 bits per heavy atom. The summed E-state index contributed by atoms with van der Waals surface area (Å²) >= 11 is 1.39. The van der Waals surface area contributed by atoms with Gasteiger partial charge >= 0.3 is 0 Å². The van der Waals surface area contributed by atoms with Gasteiger partial charge < -0.3 is 5.73 Å². The Morgan fingerprint density at radius 3 is 2.83 bits per heavy atom. The van der Waals surface area contributed by atoms with Crippen LogP contribution in [-0.2, 0) is 6.42 Å². The Bertz CT molecular complexity index is 491. The van der Waals surface area contributed by atoms with E-state index in [4.69, 9.17) is 5.73 Å². The largest absolute Gasteiger partial charge is 0.374 e. The highest BCUT2D eigenvalue weighted by Gasteiger charge is 2.14. The van der Waals surface area contributed by atoms with Crippen molar-refractivity contribution in [3.8, 4) is 0 Å². The maximum atomic E-state index is 5.58. The average molecular weight is 266 g/mol. The third-order valence-corrected chi connectivity index (χ3v) is 3.73. The van der Waals surface area contributed by atoms with Gasteiger partial charge in [0.25, 0.3) is 0 Å². The normalized spacial score (nSPS) is 12.8. The predicted molar refractivity (Wildman–Crippen MR) is 71.4 cm³/mol. The van der Waals surface area contributed by atoms with E-state index in [1.807, 2.05) is 17.8 Å². The van der Waals surface area contributed by atoms with Crippen LogP contribution in [0.5, 0.6) is 0 Å². The van der Waals surface area contributed by atoms with Crippen molar-refractivity contribution >= 4 is 16.5 Å². The molecule has 2 aromatic heterocycles. The van der Waals surface area contributed by atoms with Gasteiger partial charge in [-0.1, -0.05) is 36.3 Å². The molecule has 0 spiro atoms. The van der Waals surface area contributed by atoms with E-state index in [0.717, 1.165) is 23.5 Å². The van der Waals surface area contributed by atoms with Crippen LogP contribution in [0.3, 0.4) is 0 Å². The quantitative estimate of drug-likeness (QED) is 0.809. The molecule has 0 bridgehead atoms. The molecular weight excluding hydrogens is 248 g/mol. The van der Waals surface area contributed by atoms with Crippen LogP contribution in [0.4, 0.5) is 5.13 Å². The third kappa shape index (κ3) is 3.04. The summed E-state index contributed by atoms with van der Waals surface area (Å²) in [5.74, 6) is 0. The van der Waals surface area contributed by atoms with Gasteiger partial charge in [-0.2, -0.15) is 0 Å². The summed E-state index contributed by atoms with van der Waals surface area (Å²) in [5.41, 5.74) is 6.62. The van der Waals surface area contributed by atoms with Crippen molar-refractivity contribution in [1.29, 1.82) is 0 Å². The number of hydrogen-bond acceptors (Lipinski definition) is 6. The number of unbranched alkanes of at least 4 members (excludes halogenated alkanes) is 2. The molecule has 0 radical (unpaired) electrons. The minimum atomic E-state index is 0.0345. The highest BCUT2D eigenvalue weighted by atomic mass is 32.1. The molecular formula is C11H18N6S. The first-order chi connectivity index (χ1) is 8.70. The lowest BCUT2D eigenvalue weighted by Crippen LogP contribution is -2.07. The molecule has 6 nitrogen and oxygen atoms in total. The molecule has 0 aliphatic heterocycles. The Kier molecular flexibility index (Phi) is 4.24. The number of aromatic nitrogens is 5. The second-order valence-corrected chi connectivity index (χ2v) is 5.34. The van der Waals surface area contributed by atoms with Crippen molar-refractivity contribution in [2.75, 3.05) is 5.73 Å². The summed E-state index contributed by atoms with van der Waals surface area (Å²) < 4.78 is 1.82. The second kappa shape index (κ2) is 5.90. The fourth-order valence-electron chi connectivity index (χ4n) is 1.70.